The first-order valence-corrected chi connectivity index (χ1v) is 6.65. The number of hydrogen-bond acceptors (Lipinski definition) is 3. The highest BCUT2D eigenvalue weighted by atomic mass is 16.5. The summed E-state index contributed by atoms with van der Waals surface area (Å²) >= 11 is 0. The van der Waals surface area contributed by atoms with Crippen molar-refractivity contribution in [3.8, 4) is 5.75 Å². The summed E-state index contributed by atoms with van der Waals surface area (Å²) in [7, 11) is 1.61. The number of aryl methyl sites for hydroxylation is 2. The smallest absolute Gasteiger partial charge is 0.271 e. The Labute approximate surface area is 124 Å². The van der Waals surface area contributed by atoms with E-state index in [-0.39, 0.29) is 5.91 Å². The molecule has 108 valence electrons. The quantitative estimate of drug-likeness (QED) is 0.692. The van der Waals surface area contributed by atoms with Crippen LogP contribution in [0.5, 0.6) is 5.75 Å². The molecule has 0 heterocycles. The van der Waals surface area contributed by atoms with Crippen molar-refractivity contribution in [2.75, 3.05) is 7.11 Å². The number of carbonyl (C=O) groups excluding carboxylic acids is 1. The summed E-state index contributed by atoms with van der Waals surface area (Å²) in [5.74, 6) is 0.525. The molecule has 0 aliphatic rings. The molecule has 0 unspecified atom stereocenters. The lowest BCUT2D eigenvalue weighted by molar-refractivity contribution is 0.0955. The lowest BCUT2D eigenvalue weighted by Crippen LogP contribution is -2.17. The Morgan fingerprint density at radius 2 is 1.95 bits per heavy atom. The first-order valence-electron chi connectivity index (χ1n) is 6.65. The molecular weight excluding hydrogens is 264 g/mol. The van der Waals surface area contributed by atoms with Gasteiger partial charge in [-0.3, -0.25) is 4.79 Å². The Balaban J connectivity index is 2.02. The molecular formula is C17H18N2O2. The predicted molar refractivity (Wildman–Crippen MR) is 84.0 cm³/mol. The fraction of sp³-hybridized carbons (Fsp3) is 0.176. The van der Waals surface area contributed by atoms with Gasteiger partial charge in [-0.2, -0.15) is 5.10 Å². The number of methoxy groups -OCH3 is 1. The van der Waals surface area contributed by atoms with Gasteiger partial charge in [0.25, 0.3) is 5.91 Å². The third-order valence-corrected chi connectivity index (χ3v) is 3.24. The van der Waals surface area contributed by atoms with Gasteiger partial charge in [0.1, 0.15) is 5.75 Å². The average Bonchev–Trinajstić information content (AvgIpc) is 2.50. The Hall–Kier alpha value is -2.62. The molecule has 1 amide bonds. The van der Waals surface area contributed by atoms with Crippen LogP contribution in [0.4, 0.5) is 0 Å². The first kappa shape index (κ1) is 14.8. The van der Waals surface area contributed by atoms with Crippen LogP contribution in [0.25, 0.3) is 0 Å². The Morgan fingerprint density at radius 1 is 1.14 bits per heavy atom. The van der Waals surface area contributed by atoms with Gasteiger partial charge in [0.05, 0.1) is 13.3 Å². The van der Waals surface area contributed by atoms with Gasteiger partial charge in [-0.25, -0.2) is 5.43 Å². The van der Waals surface area contributed by atoms with Crippen molar-refractivity contribution < 1.29 is 9.53 Å². The zero-order chi connectivity index (χ0) is 15.2. The van der Waals surface area contributed by atoms with E-state index < -0.39 is 0 Å². The minimum atomic E-state index is -0.225. The van der Waals surface area contributed by atoms with Crippen LogP contribution in [-0.4, -0.2) is 19.2 Å². The summed E-state index contributed by atoms with van der Waals surface area (Å²) in [6, 6.07) is 13.0. The summed E-state index contributed by atoms with van der Waals surface area (Å²) in [5, 5.41) is 3.97. The lowest BCUT2D eigenvalue weighted by atomic mass is 10.1. The molecule has 0 aliphatic carbocycles. The van der Waals surface area contributed by atoms with E-state index >= 15 is 0 Å². The second-order valence-electron chi connectivity index (χ2n) is 4.77. The monoisotopic (exact) mass is 282 g/mol. The first-order chi connectivity index (χ1) is 10.1. The molecule has 4 heteroatoms. The van der Waals surface area contributed by atoms with Gasteiger partial charge < -0.3 is 4.74 Å². The summed E-state index contributed by atoms with van der Waals surface area (Å²) in [6.45, 7) is 3.99. The number of amides is 1. The maximum Gasteiger partial charge on any atom is 0.271 e. The van der Waals surface area contributed by atoms with Crippen molar-refractivity contribution in [2.45, 2.75) is 13.8 Å². The van der Waals surface area contributed by atoms with E-state index in [0.29, 0.717) is 5.56 Å². The van der Waals surface area contributed by atoms with Crippen LogP contribution in [-0.2, 0) is 0 Å². The molecule has 2 aromatic carbocycles. The Bertz CT molecular complexity index is 678. The standard InChI is InChI=1S/C17H18N2O2/c1-12-7-8-15(9-13(12)2)17(20)19-18-11-14-5-4-6-16(10-14)21-3/h4-11H,1-3H3,(H,19,20). The SMILES string of the molecule is COc1cccc(C=NNC(=O)c2ccc(C)c(C)c2)c1. The largest absolute Gasteiger partial charge is 0.497 e. The summed E-state index contributed by atoms with van der Waals surface area (Å²) in [6.07, 6.45) is 1.58. The van der Waals surface area contributed by atoms with Gasteiger partial charge >= 0.3 is 0 Å². The number of hydrazone groups is 1. The molecule has 0 spiro atoms. The fourth-order valence-corrected chi connectivity index (χ4v) is 1.83. The summed E-state index contributed by atoms with van der Waals surface area (Å²) in [4.78, 5) is 12.0. The number of nitrogens with one attached hydrogen (secondary N) is 1. The molecule has 0 saturated heterocycles. The molecule has 0 atom stereocenters. The molecule has 0 radical (unpaired) electrons. The molecule has 0 aliphatic heterocycles. The van der Waals surface area contributed by atoms with Gasteiger partial charge in [-0.05, 0) is 54.8 Å². The second-order valence-corrected chi connectivity index (χ2v) is 4.77. The van der Waals surface area contributed by atoms with E-state index in [1.165, 1.54) is 0 Å². The number of rotatable bonds is 4. The van der Waals surface area contributed by atoms with Crippen LogP contribution >= 0.6 is 0 Å². The zero-order valence-electron chi connectivity index (χ0n) is 12.4. The topological polar surface area (TPSA) is 50.7 Å². The average molecular weight is 282 g/mol. The van der Waals surface area contributed by atoms with Crippen LogP contribution in [0, 0.1) is 13.8 Å². The Kier molecular flexibility index (Phi) is 4.72. The number of hydrogen-bond donors (Lipinski definition) is 1. The number of carbonyl (C=O) groups is 1. The Morgan fingerprint density at radius 3 is 2.67 bits per heavy atom. The fourth-order valence-electron chi connectivity index (χ4n) is 1.83. The van der Waals surface area contributed by atoms with E-state index in [1.807, 2.05) is 50.2 Å². The van der Waals surface area contributed by atoms with Gasteiger partial charge in [-0.15, -0.1) is 0 Å². The van der Waals surface area contributed by atoms with E-state index in [9.17, 15) is 4.79 Å². The maximum atomic E-state index is 12.0. The molecule has 0 fully saturated rings. The highest BCUT2D eigenvalue weighted by Crippen LogP contribution is 2.11. The normalized spacial score (nSPS) is 10.6. The summed E-state index contributed by atoms with van der Waals surface area (Å²) in [5.41, 5.74) is 6.22. The van der Waals surface area contributed by atoms with Crippen LogP contribution < -0.4 is 10.2 Å². The predicted octanol–water partition coefficient (Wildman–Crippen LogP) is 3.08. The van der Waals surface area contributed by atoms with Gasteiger partial charge in [0, 0.05) is 5.56 Å². The molecule has 2 rings (SSSR count). The van der Waals surface area contributed by atoms with Crippen molar-refractivity contribution in [3.05, 3.63) is 64.7 Å². The maximum absolute atomic E-state index is 12.0. The van der Waals surface area contributed by atoms with Crippen molar-refractivity contribution in [1.29, 1.82) is 0 Å². The van der Waals surface area contributed by atoms with Crippen LogP contribution in [0.2, 0.25) is 0 Å². The minimum Gasteiger partial charge on any atom is -0.497 e. The molecule has 0 bridgehead atoms. The molecule has 0 aromatic heterocycles. The number of nitrogens with zero attached hydrogens (tertiary/aromatic N) is 1. The second kappa shape index (κ2) is 6.70. The van der Waals surface area contributed by atoms with Crippen molar-refractivity contribution in [3.63, 3.8) is 0 Å². The van der Waals surface area contributed by atoms with Crippen LogP contribution in [0.3, 0.4) is 0 Å². The molecule has 4 nitrogen and oxygen atoms in total. The van der Waals surface area contributed by atoms with Gasteiger partial charge in [0.2, 0.25) is 0 Å². The lowest BCUT2D eigenvalue weighted by Gasteiger charge is -2.04. The van der Waals surface area contributed by atoms with E-state index in [1.54, 1.807) is 19.4 Å². The van der Waals surface area contributed by atoms with Crippen molar-refractivity contribution in [2.24, 2.45) is 5.10 Å². The zero-order valence-corrected chi connectivity index (χ0v) is 12.4. The van der Waals surface area contributed by atoms with E-state index in [2.05, 4.69) is 10.5 Å². The highest BCUT2D eigenvalue weighted by molar-refractivity contribution is 5.95. The van der Waals surface area contributed by atoms with E-state index in [0.717, 1.165) is 22.4 Å². The number of ether oxygens (including phenoxy) is 1. The summed E-state index contributed by atoms with van der Waals surface area (Å²) < 4.78 is 5.13. The minimum absolute atomic E-state index is 0.225. The molecule has 1 N–H and O–H groups in total. The third-order valence-electron chi connectivity index (χ3n) is 3.24. The molecule has 2 aromatic rings. The molecule has 0 saturated carbocycles. The van der Waals surface area contributed by atoms with Crippen LogP contribution in [0.1, 0.15) is 27.0 Å². The molecule has 21 heavy (non-hydrogen) atoms. The van der Waals surface area contributed by atoms with E-state index in [4.69, 9.17) is 4.74 Å². The van der Waals surface area contributed by atoms with Gasteiger partial charge in [0.15, 0.2) is 0 Å². The van der Waals surface area contributed by atoms with Gasteiger partial charge in [-0.1, -0.05) is 18.2 Å². The highest BCUT2D eigenvalue weighted by Gasteiger charge is 2.05. The van der Waals surface area contributed by atoms with Crippen molar-refractivity contribution in [1.82, 2.24) is 5.43 Å². The van der Waals surface area contributed by atoms with Crippen molar-refractivity contribution >= 4 is 12.1 Å². The van der Waals surface area contributed by atoms with Crippen LogP contribution in [0.15, 0.2) is 47.6 Å². The third kappa shape index (κ3) is 3.92. The number of benzene rings is 2.